The van der Waals surface area contributed by atoms with Gasteiger partial charge in [-0.25, -0.2) is 9.18 Å². The van der Waals surface area contributed by atoms with Crippen LogP contribution in [0.5, 0.6) is 0 Å². The molecular weight excluding hydrogens is 399 g/mol. The zero-order valence-electron chi connectivity index (χ0n) is 16.9. The van der Waals surface area contributed by atoms with Crippen LogP contribution < -0.4 is 5.32 Å². The highest BCUT2D eigenvalue weighted by atomic mass is 19.1. The molecule has 0 spiro atoms. The molecule has 2 aromatic carbocycles. The minimum atomic E-state index is -0.456. The van der Waals surface area contributed by atoms with Crippen molar-refractivity contribution in [1.29, 1.82) is 0 Å². The Labute approximate surface area is 178 Å². The van der Waals surface area contributed by atoms with Gasteiger partial charge in [0.15, 0.2) is 5.58 Å². The van der Waals surface area contributed by atoms with Gasteiger partial charge in [-0.1, -0.05) is 11.2 Å². The second-order valence-electron chi connectivity index (χ2n) is 7.86. The monoisotopic (exact) mass is 422 g/mol. The number of ether oxygens (including phenoxy) is 1. The van der Waals surface area contributed by atoms with Crippen LogP contribution >= 0.6 is 0 Å². The molecule has 8 heteroatoms. The summed E-state index contributed by atoms with van der Waals surface area (Å²) in [6.07, 6.45) is 3.27. The molecule has 4 aromatic rings. The maximum Gasteiger partial charge on any atom is 0.411 e. The summed E-state index contributed by atoms with van der Waals surface area (Å²) < 4.78 is 24.0. The Morgan fingerprint density at radius 1 is 1.23 bits per heavy atom. The molecule has 31 heavy (non-hydrogen) atoms. The van der Waals surface area contributed by atoms with E-state index in [0.717, 1.165) is 47.9 Å². The number of aromatic amines is 1. The fraction of sp³-hybridized carbons (Fsp3) is 0.304. The third kappa shape index (κ3) is 4.25. The highest BCUT2D eigenvalue weighted by Crippen LogP contribution is 2.32. The lowest BCUT2D eigenvalue weighted by molar-refractivity contribution is 0.128. The molecule has 1 aliphatic heterocycles. The quantitative estimate of drug-likeness (QED) is 0.479. The average molecular weight is 422 g/mol. The number of nitrogens with zero attached hydrogens (tertiary/aromatic N) is 2. The topological polar surface area (TPSA) is 83.4 Å². The van der Waals surface area contributed by atoms with E-state index in [0.29, 0.717) is 24.4 Å². The molecular formula is C23H23FN4O3. The zero-order chi connectivity index (χ0) is 21.2. The lowest BCUT2D eigenvalue weighted by atomic mass is 9.91. The second-order valence-corrected chi connectivity index (χ2v) is 7.86. The lowest BCUT2D eigenvalue weighted by Gasteiger charge is -2.30. The maximum absolute atomic E-state index is 13.3. The Balaban J connectivity index is 1.08. The van der Waals surface area contributed by atoms with Crippen LogP contribution in [0.15, 0.2) is 53.2 Å². The van der Waals surface area contributed by atoms with Crippen LogP contribution in [0, 0.1) is 5.82 Å². The molecule has 3 heterocycles. The molecule has 1 aliphatic rings. The minimum Gasteiger partial charge on any atom is -0.448 e. The summed E-state index contributed by atoms with van der Waals surface area (Å²) in [5.74, 6) is -0.0333. The Morgan fingerprint density at radius 3 is 2.97 bits per heavy atom. The van der Waals surface area contributed by atoms with Gasteiger partial charge in [-0.2, -0.15) is 0 Å². The van der Waals surface area contributed by atoms with E-state index >= 15 is 0 Å². The number of halogens is 1. The Kier molecular flexibility index (Phi) is 5.30. The number of fused-ring (bicyclic) bond motifs is 2. The van der Waals surface area contributed by atoms with Crippen LogP contribution in [0.2, 0.25) is 0 Å². The first-order chi connectivity index (χ1) is 15.2. The Hall–Kier alpha value is -3.39. The summed E-state index contributed by atoms with van der Waals surface area (Å²) in [4.78, 5) is 17.5. The number of H-pyrrole nitrogens is 1. The van der Waals surface area contributed by atoms with Crippen molar-refractivity contribution in [2.75, 3.05) is 31.6 Å². The van der Waals surface area contributed by atoms with Gasteiger partial charge in [-0.3, -0.25) is 10.2 Å². The SMILES string of the molecule is O=C(Nc1ccc2cc[nH]c2c1)OCCN1CCC(c2noc3cc(F)ccc23)CC1. The second kappa shape index (κ2) is 8.39. The number of hydrogen-bond acceptors (Lipinski definition) is 5. The molecule has 0 aliphatic carbocycles. The number of aromatic nitrogens is 2. The fourth-order valence-corrected chi connectivity index (χ4v) is 4.20. The van der Waals surface area contributed by atoms with Crippen LogP contribution in [0.3, 0.4) is 0 Å². The molecule has 0 unspecified atom stereocenters. The molecule has 2 aromatic heterocycles. The molecule has 1 saturated heterocycles. The average Bonchev–Trinajstić information content (AvgIpc) is 3.40. The predicted octanol–water partition coefficient (Wildman–Crippen LogP) is 4.88. The van der Waals surface area contributed by atoms with Gasteiger partial charge < -0.3 is 14.2 Å². The highest BCUT2D eigenvalue weighted by molar-refractivity contribution is 5.89. The number of carbonyl (C=O) groups excluding carboxylic acids is 1. The summed E-state index contributed by atoms with van der Waals surface area (Å²) in [6, 6.07) is 12.2. The van der Waals surface area contributed by atoms with Crippen molar-refractivity contribution in [3.8, 4) is 0 Å². The predicted molar refractivity (Wildman–Crippen MR) is 116 cm³/mol. The van der Waals surface area contributed by atoms with Crippen molar-refractivity contribution in [2.24, 2.45) is 0 Å². The van der Waals surface area contributed by atoms with Gasteiger partial charge in [0.25, 0.3) is 0 Å². The van der Waals surface area contributed by atoms with Gasteiger partial charge in [0.2, 0.25) is 0 Å². The van der Waals surface area contributed by atoms with Crippen molar-refractivity contribution in [2.45, 2.75) is 18.8 Å². The zero-order valence-corrected chi connectivity index (χ0v) is 16.9. The van der Waals surface area contributed by atoms with Crippen molar-refractivity contribution < 1.29 is 18.4 Å². The summed E-state index contributed by atoms with van der Waals surface area (Å²) in [5, 5.41) is 8.93. The molecule has 0 atom stereocenters. The smallest absolute Gasteiger partial charge is 0.411 e. The van der Waals surface area contributed by atoms with Crippen LogP contribution in [-0.2, 0) is 4.74 Å². The largest absolute Gasteiger partial charge is 0.448 e. The number of benzene rings is 2. The summed E-state index contributed by atoms with van der Waals surface area (Å²) >= 11 is 0. The van der Waals surface area contributed by atoms with Gasteiger partial charge in [-0.05, 0) is 61.6 Å². The Morgan fingerprint density at radius 2 is 2.10 bits per heavy atom. The van der Waals surface area contributed by atoms with Crippen molar-refractivity contribution in [3.63, 3.8) is 0 Å². The molecule has 5 rings (SSSR count). The molecule has 7 nitrogen and oxygen atoms in total. The number of piperidine rings is 1. The van der Waals surface area contributed by atoms with E-state index in [2.05, 4.69) is 20.4 Å². The number of amides is 1. The van der Waals surface area contributed by atoms with E-state index in [1.807, 2.05) is 30.5 Å². The molecule has 0 radical (unpaired) electrons. The molecule has 1 fully saturated rings. The Bertz CT molecular complexity index is 1210. The number of likely N-dealkylation sites (tertiary alicyclic amines) is 1. The molecule has 1 amide bonds. The first kappa shape index (κ1) is 19.6. The molecule has 2 N–H and O–H groups in total. The summed E-state index contributed by atoms with van der Waals surface area (Å²) in [7, 11) is 0. The van der Waals surface area contributed by atoms with Crippen LogP contribution in [-0.4, -0.2) is 47.4 Å². The number of anilines is 1. The van der Waals surface area contributed by atoms with E-state index in [9.17, 15) is 9.18 Å². The lowest BCUT2D eigenvalue weighted by Crippen LogP contribution is -2.36. The first-order valence-corrected chi connectivity index (χ1v) is 10.4. The van der Waals surface area contributed by atoms with Crippen LogP contribution in [0.4, 0.5) is 14.9 Å². The third-order valence-corrected chi connectivity index (χ3v) is 5.88. The van der Waals surface area contributed by atoms with E-state index in [-0.39, 0.29) is 11.7 Å². The molecule has 0 saturated carbocycles. The van der Waals surface area contributed by atoms with E-state index in [4.69, 9.17) is 9.26 Å². The van der Waals surface area contributed by atoms with Crippen molar-refractivity contribution >= 4 is 33.7 Å². The summed E-state index contributed by atoms with van der Waals surface area (Å²) in [6.45, 7) is 2.78. The van der Waals surface area contributed by atoms with Crippen LogP contribution in [0.1, 0.15) is 24.5 Å². The van der Waals surface area contributed by atoms with E-state index in [1.165, 1.54) is 12.1 Å². The molecule has 0 bridgehead atoms. The third-order valence-electron chi connectivity index (χ3n) is 5.88. The standard InChI is InChI=1S/C23H23FN4O3/c24-17-2-4-19-21(13-17)31-27-22(19)16-6-9-28(10-7-16)11-12-30-23(29)26-18-3-1-15-5-8-25-20(15)14-18/h1-5,8,13-14,16,25H,6-7,9-12H2,(H,26,29). The van der Waals surface area contributed by atoms with E-state index in [1.54, 1.807) is 6.07 Å². The van der Waals surface area contributed by atoms with Gasteiger partial charge >= 0.3 is 6.09 Å². The minimum absolute atomic E-state index is 0.287. The maximum atomic E-state index is 13.3. The van der Waals surface area contributed by atoms with Gasteiger partial charge in [0, 0.05) is 41.3 Å². The number of rotatable bonds is 5. The highest BCUT2D eigenvalue weighted by Gasteiger charge is 2.25. The normalized spacial score (nSPS) is 15.5. The van der Waals surface area contributed by atoms with Crippen molar-refractivity contribution in [3.05, 3.63) is 60.2 Å². The van der Waals surface area contributed by atoms with Gasteiger partial charge in [-0.15, -0.1) is 0 Å². The van der Waals surface area contributed by atoms with E-state index < -0.39 is 6.09 Å². The van der Waals surface area contributed by atoms with Crippen molar-refractivity contribution in [1.82, 2.24) is 15.0 Å². The first-order valence-electron chi connectivity index (χ1n) is 10.4. The fourth-order valence-electron chi connectivity index (χ4n) is 4.20. The number of nitrogens with one attached hydrogen (secondary N) is 2. The summed E-state index contributed by atoms with van der Waals surface area (Å²) in [5.41, 5.74) is 3.06. The number of carbonyl (C=O) groups is 1. The van der Waals surface area contributed by atoms with Crippen LogP contribution in [0.25, 0.3) is 21.9 Å². The van der Waals surface area contributed by atoms with Gasteiger partial charge in [0.05, 0.1) is 5.69 Å². The molecule has 160 valence electrons. The van der Waals surface area contributed by atoms with Gasteiger partial charge in [0.1, 0.15) is 12.4 Å². The number of hydrogen-bond donors (Lipinski definition) is 2.